The topological polar surface area (TPSA) is 33.5 Å². The molecule has 1 aliphatic rings. The average Bonchev–Trinajstić information content (AvgIpc) is 2.35. The van der Waals surface area contributed by atoms with Crippen LogP contribution < -0.4 is 10.2 Å². The highest BCUT2D eigenvalue weighted by atomic mass is 79.9. The number of hydrogen-bond donors (Lipinski definition) is 2. The molecule has 4 heteroatoms. The number of anilines is 1. The largest absolute Gasteiger partial charge is 0.327 e. The lowest BCUT2D eigenvalue weighted by Gasteiger charge is -2.26. The van der Waals surface area contributed by atoms with Gasteiger partial charge in [0.15, 0.2) is 6.54 Å². The van der Waals surface area contributed by atoms with Crippen LogP contribution in [-0.4, -0.2) is 25.5 Å². The second-order valence-electron chi connectivity index (χ2n) is 5.16. The summed E-state index contributed by atoms with van der Waals surface area (Å²) in [6.45, 7) is 5.12. The van der Waals surface area contributed by atoms with Gasteiger partial charge in [0.05, 0.1) is 13.1 Å². The van der Waals surface area contributed by atoms with E-state index in [1.54, 1.807) is 0 Å². The van der Waals surface area contributed by atoms with Crippen molar-refractivity contribution < 1.29 is 9.69 Å². The number of benzene rings is 1. The number of rotatable bonds is 3. The Morgan fingerprint density at radius 1 is 1.33 bits per heavy atom. The number of piperidine rings is 1. The van der Waals surface area contributed by atoms with Crippen LogP contribution >= 0.6 is 15.9 Å². The standard InChI is InChI=1S/C14H19BrN2O/c1-11-6-8-17(9-7-11)10-14(18)16-13-4-2-12(15)3-5-13/h2-5,11H,6-10H2,1H3,(H,16,18)/p+1. The zero-order valence-electron chi connectivity index (χ0n) is 10.7. The monoisotopic (exact) mass is 311 g/mol. The quantitative estimate of drug-likeness (QED) is 0.875. The predicted molar refractivity (Wildman–Crippen MR) is 76.7 cm³/mol. The molecule has 18 heavy (non-hydrogen) atoms. The first-order chi connectivity index (χ1) is 8.63. The average molecular weight is 312 g/mol. The maximum absolute atomic E-state index is 11.9. The first-order valence-corrected chi connectivity index (χ1v) is 7.32. The Kier molecular flexibility index (Phi) is 4.78. The van der Waals surface area contributed by atoms with Gasteiger partial charge in [0.1, 0.15) is 0 Å². The molecule has 0 radical (unpaired) electrons. The molecule has 2 rings (SSSR count). The van der Waals surface area contributed by atoms with Gasteiger partial charge in [-0.3, -0.25) is 4.79 Å². The Bertz CT molecular complexity index is 397. The fourth-order valence-corrected chi connectivity index (χ4v) is 2.58. The van der Waals surface area contributed by atoms with Gasteiger partial charge in [0.25, 0.3) is 5.91 Å². The van der Waals surface area contributed by atoms with Crippen LogP contribution in [0, 0.1) is 5.92 Å². The number of likely N-dealkylation sites (tertiary alicyclic amines) is 1. The van der Waals surface area contributed by atoms with Crippen molar-refractivity contribution in [3.05, 3.63) is 28.7 Å². The fourth-order valence-electron chi connectivity index (χ4n) is 2.31. The molecule has 0 saturated carbocycles. The Hall–Kier alpha value is -0.870. The number of halogens is 1. The Morgan fingerprint density at radius 3 is 2.56 bits per heavy atom. The minimum absolute atomic E-state index is 0.113. The highest BCUT2D eigenvalue weighted by molar-refractivity contribution is 9.10. The molecule has 0 unspecified atom stereocenters. The first kappa shape index (κ1) is 13.6. The second kappa shape index (κ2) is 6.34. The molecule has 0 bridgehead atoms. The summed E-state index contributed by atoms with van der Waals surface area (Å²) < 4.78 is 1.02. The van der Waals surface area contributed by atoms with Crippen molar-refractivity contribution in [2.24, 2.45) is 5.92 Å². The zero-order valence-corrected chi connectivity index (χ0v) is 12.3. The number of amides is 1. The van der Waals surface area contributed by atoms with E-state index in [0.29, 0.717) is 6.54 Å². The number of quaternary nitrogens is 1. The molecule has 0 atom stereocenters. The summed E-state index contributed by atoms with van der Waals surface area (Å²) in [7, 11) is 0. The van der Waals surface area contributed by atoms with Gasteiger partial charge in [-0.15, -0.1) is 0 Å². The molecule has 3 nitrogen and oxygen atoms in total. The van der Waals surface area contributed by atoms with E-state index in [1.165, 1.54) is 17.7 Å². The third kappa shape index (κ3) is 4.10. The number of nitrogens with one attached hydrogen (secondary N) is 2. The molecule has 0 aliphatic carbocycles. The fraction of sp³-hybridized carbons (Fsp3) is 0.500. The number of carbonyl (C=O) groups is 1. The van der Waals surface area contributed by atoms with E-state index in [4.69, 9.17) is 0 Å². The summed E-state index contributed by atoms with van der Waals surface area (Å²) in [5.74, 6) is 0.935. The molecular formula is C14H20BrN2O+. The summed E-state index contributed by atoms with van der Waals surface area (Å²) in [5, 5.41) is 2.95. The SMILES string of the molecule is CC1CC[NH+](CC(=O)Nc2ccc(Br)cc2)CC1. The third-order valence-electron chi connectivity index (χ3n) is 3.52. The van der Waals surface area contributed by atoms with Crippen molar-refractivity contribution in [2.75, 3.05) is 25.0 Å². The van der Waals surface area contributed by atoms with E-state index in [1.807, 2.05) is 24.3 Å². The molecule has 1 aromatic rings. The van der Waals surface area contributed by atoms with Crippen LogP contribution in [0.15, 0.2) is 28.7 Å². The maximum atomic E-state index is 11.9. The zero-order chi connectivity index (χ0) is 13.0. The number of carbonyl (C=O) groups excluding carboxylic acids is 1. The molecule has 1 fully saturated rings. The van der Waals surface area contributed by atoms with Crippen LogP contribution in [0.2, 0.25) is 0 Å². The van der Waals surface area contributed by atoms with Crippen LogP contribution in [0.4, 0.5) is 5.69 Å². The van der Waals surface area contributed by atoms with E-state index >= 15 is 0 Å². The van der Waals surface area contributed by atoms with E-state index in [2.05, 4.69) is 28.2 Å². The van der Waals surface area contributed by atoms with Crippen LogP contribution in [0.25, 0.3) is 0 Å². The summed E-state index contributed by atoms with van der Waals surface area (Å²) in [5.41, 5.74) is 0.868. The lowest BCUT2D eigenvalue weighted by molar-refractivity contribution is -0.897. The van der Waals surface area contributed by atoms with Gasteiger partial charge in [-0.1, -0.05) is 22.9 Å². The van der Waals surface area contributed by atoms with E-state index in [9.17, 15) is 4.79 Å². The van der Waals surface area contributed by atoms with Crippen molar-refractivity contribution in [1.29, 1.82) is 0 Å². The Morgan fingerprint density at radius 2 is 1.94 bits per heavy atom. The first-order valence-electron chi connectivity index (χ1n) is 6.52. The lowest BCUT2D eigenvalue weighted by atomic mass is 9.99. The molecule has 98 valence electrons. The van der Waals surface area contributed by atoms with Crippen LogP contribution in [0.3, 0.4) is 0 Å². The van der Waals surface area contributed by atoms with Gasteiger partial charge in [-0.2, -0.15) is 0 Å². The van der Waals surface area contributed by atoms with Crippen LogP contribution in [-0.2, 0) is 4.79 Å². The molecule has 2 N–H and O–H groups in total. The minimum Gasteiger partial charge on any atom is -0.327 e. The normalized spacial score (nSPS) is 23.7. The Labute approximate surface area is 117 Å². The van der Waals surface area contributed by atoms with Gasteiger partial charge in [0, 0.05) is 10.2 Å². The van der Waals surface area contributed by atoms with Crippen LogP contribution in [0.5, 0.6) is 0 Å². The highest BCUT2D eigenvalue weighted by Gasteiger charge is 2.21. The summed E-state index contributed by atoms with van der Waals surface area (Å²) in [4.78, 5) is 13.3. The summed E-state index contributed by atoms with van der Waals surface area (Å²) >= 11 is 3.38. The highest BCUT2D eigenvalue weighted by Crippen LogP contribution is 2.13. The van der Waals surface area contributed by atoms with Crippen LogP contribution in [0.1, 0.15) is 19.8 Å². The summed E-state index contributed by atoms with van der Waals surface area (Å²) in [6.07, 6.45) is 2.47. The molecule has 1 amide bonds. The van der Waals surface area contributed by atoms with E-state index in [0.717, 1.165) is 29.2 Å². The lowest BCUT2D eigenvalue weighted by Crippen LogP contribution is -3.14. The molecule has 1 heterocycles. The van der Waals surface area contributed by atoms with Gasteiger partial charge < -0.3 is 10.2 Å². The molecule has 0 aromatic heterocycles. The van der Waals surface area contributed by atoms with Crippen molar-refractivity contribution in [2.45, 2.75) is 19.8 Å². The molecule has 1 aliphatic heterocycles. The van der Waals surface area contributed by atoms with Crippen molar-refractivity contribution in [3.8, 4) is 0 Å². The molecule has 1 saturated heterocycles. The van der Waals surface area contributed by atoms with E-state index in [-0.39, 0.29) is 5.91 Å². The van der Waals surface area contributed by atoms with Gasteiger partial charge in [0.2, 0.25) is 0 Å². The second-order valence-corrected chi connectivity index (χ2v) is 6.08. The maximum Gasteiger partial charge on any atom is 0.279 e. The molecule has 1 aromatic carbocycles. The smallest absolute Gasteiger partial charge is 0.279 e. The summed E-state index contributed by atoms with van der Waals surface area (Å²) in [6, 6.07) is 7.70. The molecular weight excluding hydrogens is 292 g/mol. The predicted octanol–water partition coefficient (Wildman–Crippen LogP) is 1.70. The van der Waals surface area contributed by atoms with Crippen molar-refractivity contribution in [1.82, 2.24) is 0 Å². The van der Waals surface area contributed by atoms with Gasteiger partial charge >= 0.3 is 0 Å². The number of hydrogen-bond acceptors (Lipinski definition) is 1. The van der Waals surface area contributed by atoms with E-state index < -0.39 is 0 Å². The van der Waals surface area contributed by atoms with Gasteiger partial charge in [-0.05, 0) is 43.0 Å². The Balaban J connectivity index is 1.80. The van der Waals surface area contributed by atoms with Gasteiger partial charge in [-0.25, -0.2) is 0 Å². The molecule has 0 spiro atoms. The third-order valence-corrected chi connectivity index (χ3v) is 4.05. The van der Waals surface area contributed by atoms with Crippen molar-refractivity contribution in [3.63, 3.8) is 0 Å². The minimum atomic E-state index is 0.113. The van der Waals surface area contributed by atoms with Crippen molar-refractivity contribution >= 4 is 27.5 Å².